The first-order chi connectivity index (χ1) is 6.02. The Bertz CT molecular complexity index is 164. The third-order valence-electron chi connectivity index (χ3n) is 1.91. The number of nitrogens with two attached hydrogens (primary N) is 1. The van der Waals surface area contributed by atoms with E-state index in [9.17, 15) is 0 Å². The van der Waals surface area contributed by atoms with E-state index in [-0.39, 0.29) is 5.60 Å². The molecule has 0 aromatic carbocycles. The monoisotopic (exact) mass is 187 g/mol. The van der Waals surface area contributed by atoms with Crippen molar-refractivity contribution in [3.8, 4) is 0 Å². The van der Waals surface area contributed by atoms with Gasteiger partial charge in [0.15, 0.2) is 0 Å². The Morgan fingerprint density at radius 3 is 2.54 bits per heavy atom. The fraction of sp³-hybridized carbons (Fsp3) is 0.800. The lowest BCUT2D eigenvalue weighted by Crippen LogP contribution is -2.27. The van der Waals surface area contributed by atoms with Crippen LogP contribution in [-0.4, -0.2) is 25.9 Å². The fourth-order valence-corrected chi connectivity index (χ4v) is 0.888. The SMILES string of the molecule is CO/C(C)=C/COC(C)(C)CCN. The fourth-order valence-electron chi connectivity index (χ4n) is 0.888. The second-order valence-electron chi connectivity index (χ2n) is 3.63. The molecule has 13 heavy (non-hydrogen) atoms. The van der Waals surface area contributed by atoms with Crippen molar-refractivity contribution in [2.45, 2.75) is 32.8 Å². The minimum absolute atomic E-state index is 0.140. The Hall–Kier alpha value is -0.540. The number of rotatable bonds is 6. The number of ether oxygens (including phenoxy) is 2. The minimum Gasteiger partial charge on any atom is -0.502 e. The van der Waals surface area contributed by atoms with Crippen LogP contribution < -0.4 is 5.73 Å². The van der Waals surface area contributed by atoms with Crippen LogP contribution in [0.2, 0.25) is 0 Å². The lowest BCUT2D eigenvalue weighted by molar-refractivity contribution is -0.00623. The summed E-state index contributed by atoms with van der Waals surface area (Å²) < 4.78 is 10.6. The first-order valence-corrected chi connectivity index (χ1v) is 4.56. The average Bonchev–Trinajstić information content (AvgIpc) is 2.03. The number of methoxy groups -OCH3 is 1. The van der Waals surface area contributed by atoms with E-state index < -0.39 is 0 Å². The topological polar surface area (TPSA) is 44.5 Å². The molecule has 3 nitrogen and oxygen atoms in total. The standard InChI is InChI=1S/C10H21NO2/c1-9(12-4)5-8-13-10(2,3)6-7-11/h5H,6-8,11H2,1-4H3/b9-5+. The third kappa shape index (κ3) is 6.61. The zero-order valence-corrected chi connectivity index (χ0v) is 9.09. The molecule has 0 rings (SSSR count). The zero-order valence-electron chi connectivity index (χ0n) is 9.09. The van der Waals surface area contributed by atoms with Crippen molar-refractivity contribution in [2.24, 2.45) is 5.73 Å². The summed E-state index contributed by atoms with van der Waals surface area (Å²) in [4.78, 5) is 0. The van der Waals surface area contributed by atoms with Crippen molar-refractivity contribution in [3.05, 3.63) is 11.8 Å². The van der Waals surface area contributed by atoms with Crippen LogP contribution in [0.4, 0.5) is 0 Å². The molecule has 0 radical (unpaired) electrons. The first-order valence-electron chi connectivity index (χ1n) is 4.56. The van der Waals surface area contributed by atoms with E-state index >= 15 is 0 Å². The molecule has 0 atom stereocenters. The molecule has 0 aliphatic rings. The largest absolute Gasteiger partial charge is 0.502 e. The predicted octanol–water partition coefficient (Wildman–Crippen LogP) is 1.68. The van der Waals surface area contributed by atoms with Crippen molar-refractivity contribution >= 4 is 0 Å². The molecule has 0 unspecified atom stereocenters. The quantitative estimate of drug-likeness (QED) is 0.643. The molecule has 0 bridgehead atoms. The molecule has 3 heteroatoms. The summed E-state index contributed by atoms with van der Waals surface area (Å²) >= 11 is 0. The van der Waals surface area contributed by atoms with E-state index in [4.69, 9.17) is 15.2 Å². The van der Waals surface area contributed by atoms with Crippen LogP contribution in [0.25, 0.3) is 0 Å². The molecule has 0 aliphatic heterocycles. The van der Waals surface area contributed by atoms with Gasteiger partial charge in [0, 0.05) is 0 Å². The second kappa shape index (κ2) is 6.00. The number of hydrogen-bond acceptors (Lipinski definition) is 3. The van der Waals surface area contributed by atoms with Crippen molar-refractivity contribution in [2.75, 3.05) is 20.3 Å². The van der Waals surface area contributed by atoms with E-state index in [1.807, 2.05) is 26.8 Å². The minimum atomic E-state index is -0.140. The number of hydrogen-bond donors (Lipinski definition) is 1. The summed E-state index contributed by atoms with van der Waals surface area (Å²) in [6.07, 6.45) is 2.78. The van der Waals surface area contributed by atoms with E-state index in [0.717, 1.165) is 12.2 Å². The molecule has 0 saturated carbocycles. The van der Waals surface area contributed by atoms with Crippen molar-refractivity contribution in [3.63, 3.8) is 0 Å². The van der Waals surface area contributed by atoms with Crippen LogP contribution in [0.1, 0.15) is 27.2 Å². The van der Waals surface area contributed by atoms with Crippen molar-refractivity contribution in [1.29, 1.82) is 0 Å². The molecule has 0 aromatic rings. The first kappa shape index (κ1) is 12.5. The summed E-state index contributed by atoms with van der Waals surface area (Å²) in [5, 5.41) is 0. The van der Waals surface area contributed by atoms with Gasteiger partial charge >= 0.3 is 0 Å². The lowest BCUT2D eigenvalue weighted by Gasteiger charge is -2.23. The second-order valence-corrected chi connectivity index (χ2v) is 3.63. The molecular weight excluding hydrogens is 166 g/mol. The van der Waals surface area contributed by atoms with E-state index in [2.05, 4.69) is 0 Å². The van der Waals surface area contributed by atoms with Crippen molar-refractivity contribution < 1.29 is 9.47 Å². The summed E-state index contributed by atoms with van der Waals surface area (Å²) in [7, 11) is 1.65. The molecule has 78 valence electrons. The van der Waals surface area contributed by atoms with Crippen LogP contribution in [-0.2, 0) is 9.47 Å². The number of allylic oxidation sites excluding steroid dienone is 1. The Morgan fingerprint density at radius 1 is 1.46 bits per heavy atom. The predicted molar refractivity (Wildman–Crippen MR) is 54.5 cm³/mol. The molecule has 0 spiro atoms. The molecule has 0 aliphatic carbocycles. The highest BCUT2D eigenvalue weighted by Crippen LogP contribution is 2.13. The Balaban J connectivity index is 3.74. The van der Waals surface area contributed by atoms with Gasteiger partial charge in [0.25, 0.3) is 0 Å². The van der Waals surface area contributed by atoms with E-state index in [1.165, 1.54) is 0 Å². The Labute approximate surface area is 80.9 Å². The van der Waals surface area contributed by atoms with Gasteiger partial charge in [-0.15, -0.1) is 0 Å². The van der Waals surface area contributed by atoms with Crippen LogP contribution in [0, 0.1) is 0 Å². The van der Waals surface area contributed by atoms with Gasteiger partial charge in [-0.2, -0.15) is 0 Å². The van der Waals surface area contributed by atoms with E-state index in [0.29, 0.717) is 13.2 Å². The van der Waals surface area contributed by atoms with Crippen LogP contribution >= 0.6 is 0 Å². The molecule has 0 aromatic heterocycles. The van der Waals surface area contributed by atoms with E-state index in [1.54, 1.807) is 7.11 Å². The van der Waals surface area contributed by atoms with Gasteiger partial charge < -0.3 is 15.2 Å². The maximum Gasteiger partial charge on any atom is 0.0907 e. The van der Waals surface area contributed by atoms with Gasteiger partial charge in [-0.3, -0.25) is 0 Å². The normalized spacial score (nSPS) is 13.2. The molecule has 0 amide bonds. The molecular formula is C10H21NO2. The van der Waals surface area contributed by atoms with Crippen LogP contribution in [0.5, 0.6) is 0 Å². The van der Waals surface area contributed by atoms with Crippen LogP contribution in [0.3, 0.4) is 0 Å². The zero-order chi connectivity index (χ0) is 10.3. The Kier molecular flexibility index (Phi) is 5.75. The highest BCUT2D eigenvalue weighted by atomic mass is 16.5. The molecule has 0 fully saturated rings. The summed E-state index contributed by atoms with van der Waals surface area (Å²) in [6, 6.07) is 0. The van der Waals surface area contributed by atoms with Gasteiger partial charge in [0.1, 0.15) is 0 Å². The summed E-state index contributed by atoms with van der Waals surface area (Å²) in [5.74, 6) is 0.878. The molecule has 2 N–H and O–H groups in total. The lowest BCUT2D eigenvalue weighted by atomic mass is 10.1. The van der Waals surface area contributed by atoms with Crippen molar-refractivity contribution in [1.82, 2.24) is 0 Å². The van der Waals surface area contributed by atoms with Crippen LogP contribution in [0.15, 0.2) is 11.8 Å². The van der Waals surface area contributed by atoms with Gasteiger partial charge in [0.05, 0.1) is 25.1 Å². The molecule has 0 heterocycles. The van der Waals surface area contributed by atoms with Gasteiger partial charge in [-0.1, -0.05) is 0 Å². The van der Waals surface area contributed by atoms with Gasteiger partial charge in [-0.25, -0.2) is 0 Å². The summed E-state index contributed by atoms with van der Waals surface area (Å²) in [6.45, 7) is 7.21. The highest BCUT2D eigenvalue weighted by molar-refractivity contribution is 4.88. The highest BCUT2D eigenvalue weighted by Gasteiger charge is 2.15. The maximum absolute atomic E-state index is 5.61. The van der Waals surface area contributed by atoms with Gasteiger partial charge in [-0.05, 0) is 39.8 Å². The smallest absolute Gasteiger partial charge is 0.0907 e. The summed E-state index contributed by atoms with van der Waals surface area (Å²) in [5.41, 5.74) is 5.31. The maximum atomic E-state index is 5.61. The van der Waals surface area contributed by atoms with Gasteiger partial charge in [0.2, 0.25) is 0 Å². The Morgan fingerprint density at radius 2 is 2.08 bits per heavy atom. The average molecular weight is 187 g/mol. The third-order valence-corrected chi connectivity index (χ3v) is 1.91. The molecule has 0 saturated heterocycles.